The van der Waals surface area contributed by atoms with E-state index in [0.29, 0.717) is 37.0 Å². The number of benzene rings is 1. The first kappa shape index (κ1) is 20.9. The SMILES string of the molecule is CN(C(=O)C1CCN(S(=O)(=O)c2cc(Cl)ccc2Cl)CC1)C1CCCCC1. The fraction of sp³-hybridized carbons (Fsp3) is 0.632. The van der Waals surface area contributed by atoms with Gasteiger partial charge in [0.1, 0.15) is 4.90 Å². The van der Waals surface area contributed by atoms with Crippen LogP contribution < -0.4 is 0 Å². The summed E-state index contributed by atoms with van der Waals surface area (Å²) in [7, 11) is -1.82. The van der Waals surface area contributed by atoms with Gasteiger partial charge in [-0.1, -0.05) is 42.5 Å². The van der Waals surface area contributed by atoms with E-state index in [1.807, 2.05) is 11.9 Å². The van der Waals surface area contributed by atoms with Crippen LogP contribution in [0.2, 0.25) is 10.0 Å². The number of rotatable bonds is 4. The number of sulfonamides is 1. The number of carbonyl (C=O) groups is 1. The van der Waals surface area contributed by atoms with Crippen LogP contribution in [0.15, 0.2) is 23.1 Å². The summed E-state index contributed by atoms with van der Waals surface area (Å²) in [6.45, 7) is 0.639. The van der Waals surface area contributed by atoms with E-state index in [-0.39, 0.29) is 21.7 Å². The average Bonchev–Trinajstić information content (AvgIpc) is 2.69. The second-order valence-electron chi connectivity index (χ2n) is 7.49. The lowest BCUT2D eigenvalue weighted by Gasteiger charge is -2.36. The molecule has 0 atom stereocenters. The third-order valence-electron chi connectivity index (χ3n) is 5.78. The number of piperidine rings is 1. The van der Waals surface area contributed by atoms with Crippen molar-refractivity contribution in [3.05, 3.63) is 28.2 Å². The fourth-order valence-electron chi connectivity index (χ4n) is 4.09. The second-order valence-corrected chi connectivity index (χ2v) is 10.2. The van der Waals surface area contributed by atoms with Gasteiger partial charge in [0, 0.05) is 37.1 Å². The third-order valence-corrected chi connectivity index (χ3v) is 8.40. The van der Waals surface area contributed by atoms with Crippen molar-refractivity contribution in [2.24, 2.45) is 5.92 Å². The number of halogens is 2. The minimum absolute atomic E-state index is 0.0285. The Morgan fingerprint density at radius 2 is 1.70 bits per heavy atom. The van der Waals surface area contributed by atoms with E-state index in [9.17, 15) is 13.2 Å². The summed E-state index contributed by atoms with van der Waals surface area (Å²) in [5, 5.41) is 0.492. The number of hydrogen-bond donors (Lipinski definition) is 0. The van der Waals surface area contributed by atoms with Crippen LogP contribution >= 0.6 is 23.2 Å². The van der Waals surface area contributed by atoms with Crippen molar-refractivity contribution in [2.75, 3.05) is 20.1 Å². The summed E-state index contributed by atoms with van der Waals surface area (Å²) in [6, 6.07) is 4.77. The molecule has 8 heteroatoms. The molecule has 0 spiro atoms. The molecule has 1 heterocycles. The summed E-state index contributed by atoms with van der Waals surface area (Å²) < 4.78 is 27.2. The van der Waals surface area contributed by atoms with Crippen LogP contribution in [0.25, 0.3) is 0 Å². The highest BCUT2D eigenvalue weighted by Gasteiger charge is 2.35. The van der Waals surface area contributed by atoms with Crippen molar-refractivity contribution >= 4 is 39.1 Å². The largest absolute Gasteiger partial charge is 0.343 e. The van der Waals surface area contributed by atoms with E-state index >= 15 is 0 Å². The summed E-state index contributed by atoms with van der Waals surface area (Å²) in [6.07, 6.45) is 6.83. The zero-order chi connectivity index (χ0) is 19.6. The molecule has 0 bridgehead atoms. The smallest absolute Gasteiger partial charge is 0.244 e. The molecular weight excluding hydrogens is 407 g/mol. The Labute approximate surface area is 171 Å². The summed E-state index contributed by atoms with van der Waals surface area (Å²) in [5.74, 6) is 0.0398. The van der Waals surface area contributed by atoms with Crippen LogP contribution in [0.4, 0.5) is 0 Å². The molecular formula is C19H26Cl2N2O3S. The van der Waals surface area contributed by atoms with Gasteiger partial charge in [0.05, 0.1) is 5.02 Å². The first-order chi connectivity index (χ1) is 12.8. The molecule has 1 aliphatic carbocycles. The zero-order valence-corrected chi connectivity index (χ0v) is 17.9. The molecule has 1 saturated carbocycles. The number of nitrogens with zero attached hydrogens (tertiary/aromatic N) is 2. The molecule has 150 valence electrons. The van der Waals surface area contributed by atoms with Crippen molar-refractivity contribution in [2.45, 2.75) is 55.9 Å². The molecule has 1 aromatic carbocycles. The maximum absolute atomic E-state index is 12.9. The highest BCUT2D eigenvalue weighted by molar-refractivity contribution is 7.89. The summed E-state index contributed by atoms with van der Waals surface area (Å²) in [5.41, 5.74) is 0. The van der Waals surface area contributed by atoms with Gasteiger partial charge >= 0.3 is 0 Å². The van der Waals surface area contributed by atoms with Crippen molar-refractivity contribution < 1.29 is 13.2 Å². The van der Waals surface area contributed by atoms with E-state index in [2.05, 4.69) is 0 Å². The van der Waals surface area contributed by atoms with Gasteiger partial charge in [0.15, 0.2) is 0 Å². The van der Waals surface area contributed by atoms with Crippen molar-refractivity contribution in [1.29, 1.82) is 0 Å². The van der Waals surface area contributed by atoms with Crippen molar-refractivity contribution in [3.8, 4) is 0 Å². The minimum atomic E-state index is -3.71. The van der Waals surface area contributed by atoms with Gasteiger partial charge in [-0.2, -0.15) is 4.31 Å². The van der Waals surface area contributed by atoms with E-state index in [0.717, 1.165) is 12.8 Å². The molecule has 27 heavy (non-hydrogen) atoms. The zero-order valence-electron chi connectivity index (χ0n) is 15.5. The summed E-state index contributed by atoms with van der Waals surface area (Å²) in [4.78, 5) is 14.8. The molecule has 0 aromatic heterocycles. The van der Waals surface area contributed by atoms with Gasteiger partial charge in [0.25, 0.3) is 0 Å². The molecule has 2 aliphatic rings. The standard InChI is InChI=1S/C19H26Cl2N2O3S/c1-22(16-5-3-2-4-6-16)19(24)14-9-11-23(12-10-14)27(25,26)18-13-15(20)7-8-17(18)21/h7-8,13-14,16H,2-6,9-12H2,1H3. The third kappa shape index (κ3) is 4.61. The molecule has 2 fully saturated rings. The predicted molar refractivity (Wildman–Crippen MR) is 108 cm³/mol. The Morgan fingerprint density at radius 1 is 1.07 bits per heavy atom. The normalized spacial score (nSPS) is 20.6. The van der Waals surface area contributed by atoms with E-state index in [4.69, 9.17) is 23.2 Å². The van der Waals surface area contributed by atoms with Crippen molar-refractivity contribution in [3.63, 3.8) is 0 Å². The summed E-state index contributed by atoms with van der Waals surface area (Å²) >= 11 is 12.0. The molecule has 0 unspecified atom stereocenters. The average molecular weight is 433 g/mol. The van der Waals surface area contributed by atoms with Crippen LogP contribution in [0.5, 0.6) is 0 Å². The number of carbonyl (C=O) groups excluding carboxylic acids is 1. The Hall–Kier alpha value is -0.820. The Bertz CT molecular complexity index is 786. The Balaban J connectivity index is 1.64. The number of amides is 1. The fourth-order valence-corrected chi connectivity index (χ4v) is 6.30. The van der Waals surface area contributed by atoms with Crippen LogP contribution in [0.3, 0.4) is 0 Å². The molecule has 5 nitrogen and oxygen atoms in total. The molecule has 0 N–H and O–H groups in total. The quantitative estimate of drug-likeness (QED) is 0.716. The predicted octanol–water partition coefficient (Wildman–Crippen LogP) is 4.19. The second kappa shape index (κ2) is 8.68. The molecule has 1 aliphatic heterocycles. The topological polar surface area (TPSA) is 57.7 Å². The van der Waals surface area contributed by atoms with E-state index in [1.165, 1.54) is 35.7 Å². The molecule has 3 rings (SSSR count). The van der Waals surface area contributed by atoms with Crippen LogP contribution in [0, 0.1) is 5.92 Å². The van der Waals surface area contributed by atoms with Crippen LogP contribution in [-0.4, -0.2) is 49.7 Å². The minimum Gasteiger partial charge on any atom is -0.343 e. The van der Waals surface area contributed by atoms with E-state index < -0.39 is 10.0 Å². The first-order valence-corrected chi connectivity index (χ1v) is 11.7. The molecule has 1 aromatic rings. The van der Waals surface area contributed by atoms with Gasteiger partial charge in [-0.15, -0.1) is 0 Å². The van der Waals surface area contributed by atoms with Crippen LogP contribution in [-0.2, 0) is 14.8 Å². The van der Waals surface area contributed by atoms with Gasteiger partial charge in [-0.3, -0.25) is 4.79 Å². The maximum atomic E-state index is 12.9. The first-order valence-electron chi connectivity index (χ1n) is 9.52. The van der Waals surface area contributed by atoms with Gasteiger partial charge in [-0.05, 0) is 43.9 Å². The number of hydrogen-bond acceptors (Lipinski definition) is 3. The Morgan fingerprint density at radius 3 is 2.33 bits per heavy atom. The van der Waals surface area contributed by atoms with Gasteiger partial charge in [-0.25, -0.2) is 8.42 Å². The highest BCUT2D eigenvalue weighted by atomic mass is 35.5. The molecule has 0 radical (unpaired) electrons. The Kier molecular flexibility index (Phi) is 6.72. The van der Waals surface area contributed by atoms with Crippen LogP contribution in [0.1, 0.15) is 44.9 Å². The van der Waals surface area contributed by atoms with Gasteiger partial charge < -0.3 is 4.90 Å². The highest BCUT2D eigenvalue weighted by Crippen LogP contribution is 2.31. The van der Waals surface area contributed by atoms with Crippen molar-refractivity contribution in [1.82, 2.24) is 9.21 Å². The maximum Gasteiger partial charge on any atom is 0.244 e. The lowest BCUT2D eigenvalue weighted by molar-refractivity contribution is -0.138. The lowest BCUT2D eigenvalue weighted by Crippen LogP contribution is -2.46. The monoisotopic (exact) mass is 432 g/mol. The van der Waals surface area contributed by atoms with E-state index in [1.54, 1.807) is 6.07 Å². The molecule has 1 saturated heterocycles. The van der Waals surface area contributed by atoms with Gasteiger partial charge in [0.2, 0.25) is 15.9 Å². The molecule has 1 amide bonds. The lowest BCUT2D eigenvalue weighted by atomic mass is 9.91.